The van der Waals surface area contributed by atoms with Crippen molar-refractivity contribution >= 4 is 15.7 Å². The number of piperazine rings is 1. The van der Waals surface area contributed by atoms with Gasteiger partial charge in [-0.2, -0.15) is 4.31 Å². The average Bonchev–Trinajstić information content (AvgIpc) is 2.54. The molecule has 0 N–H and O–H groups in total. The van der Waals surface area contributed by atoms with E-state index in [1.165, 1.54) is 5.56 Å². The van der Waals surface area contributed by atoms with E-state index in [4.69, 9.17) is 0 Å². The lowest BCUT2D eigenvalue weighted by Crippen LogP contribution is -2.53. The zero-order valence-corrected chi connectivity index (χ0v) is 17.1. The molecule has 1 unspecified atom stereocenters. The largest absolute Gasteiger partial charge is 0.366 e. The molecule has 0 saturated carbocycles. The molecule has 26 heavy (non-hydrogen) atoms. The molecule has 140 valence electrons. The molecule has 0 bridgehead atoms. The fourth-order valence-electron chi connectivity index (χ4n) is 3.97. The van der Waals surface area contributed by atoms with Gasteiger partial charge < -0.3 is 4.90 Å². The minimum absolute atomic E-state index is 0.132. The summed E-state index contributed by atoms with van der Waals surface area (Å²) in [5.74, 6) is 0. The van der Waals surface area contributed by atoms with Gasteiger partial charge in [0.15, 0.2) is 0 Å². The van der Waals surface area contributed by atoms with Crippen molar-refractivity contribution in [2.75, 3.05) is 24.5 Å². The summed E-state index contributed by atoms with van der Waals surface area (Å²) in [6, 6.07) is 12.5. The van der Waals surface area contributed by atoms with E-state index < -0.39 is 10.0 Å². The van der Waals surface area contributed by atoms with E-state index in [1.807, 2.05) is 32.9 Å². The van der Waals surface area contributed by atoms with Crippen LogP contribution in [-0.4, -0.2) is 38.4 Å². The zero-order chi connectivity index (χ0) is 19.1. The Balaban J connectivity index is 1.85. The number of nitrogens with zero attached hydrogens (tertiary/aromatic N) is 2. The predicted octanol–water partition coefficient (Wildman–Crippen LogP) is 3.82. The molecule has 1 aliphatic heterocycles. The van der Waals surface area contributed by atoms with Gasteiger partial charge in [0.2, 0.25) is 10.0 Å². The zero-order valence-electron chi connectivity index (χ0n) is 16.3. The van der Waals surface area contributed by atoms with E-state index in [9.17, 15) is 8.42 Å². The number of rotatable bonds is 3. The van der Waals surface area contributed by atoms with Gasteiger partial charge in [0.05, 0.1) is 4.90 Å². The second kappa shape index (κ2) is 7.05. The fourth-order valence-corrected chi connectivity index (χ4v) is 5.89. The molecule has 1 aliphatic rings. The van der Waals surface area contributed by atoms with Crippen LogP contribution in [-0.2, 0) is 10.0 Å². The number of hydrogen-bond acceptors (Lipinski definition) is 3. The molecule has 0 aromatic heterocycles. The summed E-state index contributed by atoms with van der Waals surface area (Å²) in [5, 5.41) is 0. The van der Waals surface area contributed by atoms with E-state index in [-0.39, 0.29) is 6.04 Å². The third-order valence-corrected chi connectivity index (χ3v) is 7.33. The Kier molecular flexibility index (Phi) is 5.13. The minimum Gasteiger partial charge on any atom is -0.366 e. The van der Waals surface area contributed by atoms with Crippen molar-refractivity contribution in [1.82, 2.24) is 4.31 Å². The molecular formula is C21H28N2O2S. The molecule has 1 saturated heterocycles. The first-order valence-electron chi connectivity index (χ1n) is 9.11. The van der Waals surface area contributed by atoms with Gasteiger partial charge in [-0.1, -0.05) is 35.4 Å². The lowest BCUT2D eigenvalue weighted by Gasteiger charge is -2.41. The maximum atomic E-state index is 13.3. The molecular weight excluding hydrogens is 344 g/mol. The molecule has 2 aromatic rings. The molecule has 5 heteroatoms. The Morgan fingerprint density at radius 1 is 0.885 bits per heavy atom. The highest BCUT2D eigenvalue weighted by molar-refractivity contribution is 7.89. The van der Waals surface area contributed by atoms with Crippen LogP contribution in [0, 0.1) is 27.7 Å². The highest BCUT2D eigenvalue weighted by Gasteiger charge is 2.34. The molecule has 1 heterocycles. The lowest BCUT2D eigenvalue weighted by atomic mass is 10.1. The molecule has 3 rings (SSSR count). The van der Waals surface area contributed by atoms with Crippen LogP contribution in [0.5, 0.6) is 0 Å². The second-order valence-electron chi connectivity index (χ2n) is 7.47. The number of hydrogen-bond donors (Lipinski definition) is 0. The summed E-state index contributed by atoms with van der Waals surface area (Å²) in [6.45, 7) is 11.7. The van der Waals surface area contributed by atoms with Gasteiger partial charge in [0.25, 0.3) is 0 Å². The molecule has 4 nitrogen and oxygen atoms in total. The fraction of sp³-hybridized carbons (Fsp3) is 0.429. The molecule has 1 atom stereocenters. The van der Waals surface area contributed by atoms with Crippen molar-refractivity contribution in [2.45, 2.75) is 45.6 Å². The first-order chi connectivity index (χ1) is 12.2. The maximum absolute atomic E-state index is 13.3. The third-order valence-electron chi connectivity index (χ3n) is 5.16. The normalized spacial score (nSPS) is 19.0. The predicted molar refractivity (Wildman–Crippen MR) is 107 cm³/mol. The van der Waals surface area contributed by atoms with Crippen LogP contribution in [0.2, 0.25) is 0 Å². The van der Waals surface area contributed by atoms with Gasteiger partial charge in [-0.05, 0) is 57.9 Å². The van der Waals surface area contributed by atoms with Crippen LogP contribution in [0.15, 0.2) is 41.3 Å². The van der Waals surface area contributed by atoms with E-state index >= 15 is 0 Å². The summed E-state index contributed by atoms with van der Waals surface area (Å²) in [7, 11) is -3.48. The van der Waals surface area contributed by atoms with E-state index in [2.05, 4.69) is 43.0 Å². The first kappa shape index (κ1) is 18.9. The van der Waals surface area contributed by atoms with Crippen LogP contribution in [0.3, 0.4) is 0 Å². The Bertz CT molecular complexity index is 881. The van der Waals surface area contributed by atoms with Crippen LogP contribution in [0.1, 0.15) is 29.2 Å². The van der Waals surface area contributed by atoms with Crippen molar-refractivity contribution in [3.05, 3.63) is 58.7 Å². The number of benzene rings is 2. The second-order valence-corrected chi connectivity index (χ2v) is 9.34. The van der Waals surface area contributed by atoms with Crippen molar-refractivity contribution in [3.63, 3.8) is 0 Å². The third kappa shape index (κ3) is 3.51. The smallest absolute Gasteiger partial charge is 0.243 e. The van der Waals surface area contributed by atoms with Gasteiger partial charge in [-0.15, -0.1) is 0 Å². The van der Waals surface area contributed by atoms with E-state index in [1.54, 1.807) is 4.31 Å². The van der Waals surface area contributed by atoms with Gasteiger partial charge in [-0.25, -0.2) is 8.42 Å². The van der Waals surface area contributed by atoms with Crippen molar-refractivity contribution < 1.29 is 8.42 Å². The van der Waals surface area contributed by atoms with Crippen molar-refractivity contribution in [1.29, 1.82) is 0 Å². The van der Waals surface area contributed by atoms with Crippen LogP contribution < -0.4 is 4.90 Å². The minimum atomic E-state index is -3.48. The van der Waals surface area contributed by atoms with Crippen LogP contribution in [0.25, 0.3) is 0 Å². The van der Waals surface area contributed by atoms with Gasteiger partial charge >= 0.3 is 0 Å². The Hall–Kier alpha value is -1.85. The Morgan fingerprint density at radius 3 is 2.00 bits per heavy atom. The van der Waals surface area contributed by atoms with Crippen LogP contribution >= 0.6 is 0 Å². The standard InChI is InChI=1S/C21H28N2O2S/c1-15-6-8-20(9-7-15)23-11-10-22(14-19(23)5)26(24,25)21-17(3)12-16(2)13-18(21)4/h6-9,12-13,19H,10-11,14H2,1-5H3. The average molecular weight is 373 g/mol. The van der Waals surface area contributed by atoms with E-state index in [0.717, 1.165) is 22.4 Å². The van der Waals surface area contributed by atoms with Gasteiger partial charge in [0.1, 0.15) is 0 Å². The molecule has 0 spiro atoms. The Labute approximate surface area is 157 Å². The van der Waals surface area contributed by atoms with Crippen LogP contribution in [0.4, 0.5) is 5.69 Å². The number of aryl methyl sites for hydroxylation is 4. The molecule has 0 radical (unpaired) electrons. The highest BCUT2D eigenvalue weighted by atomic mass is 32.2. The molecule has 2 aromatic carbocycles. The first-order valence-corrected chi connectivity index (χ1v) is 10.6. The summed E-state index contributed by atoms with van der Waals surface area (Å²) < 4.78 is 28.2. The lowest BCUT2D eigenvalue weighted by molar-refractivity contribution is 0.342. The topological polar surface area (TPSA) is 40.6 Å². The van der Waals surface area contributed by atoms with Gasteiger partial charge in [-0.3, -0.25) is 0 Å². The molecule has 1 fully saturated rings. The highest BCUT2D eigenvalue weighted by Crippen LogP contribution is 2.28. The summed E-state index contributed by atoms with van der Waals surface area (Å²) in [4.78, 5) is 2.76. The SMILES string of the molecule is Cc1ccc(N2CCN(S(=O)(=O)c3c(C)cc(C)cc3C)CC2C)cc1. The summed E-state index contributed by atoms with van der Waals surface area (Å²) >= 11 is 0. The molecule has 0 amide bonds. The van der Waals surface area contributed by atoms with E-state index in [0.29, 0.717) is 24.5 Å². The van der Waals surface area contributed by atoms with Crippen molar-refractivity contribution in [3.8, 4) is 0 Å². The summed E-state index contributed by atoms with van der Waals surface area (Å²) in [5.41, 5.74) is 5.14. The quantitative estimate of drug-likeness (QED) is 0.822. The molecule has 0 aliphatic carbocycles. The number of sulfonamides is 1. The maximum Gasteiger partial charge on any atom is 0.243 e. The van der Waals surface area contributed by atoms with Gasteiger partial charge in [0, 0.05) is 31.4 Å². The van der Waals surface area contributed by atoms with Crippen molar-refractivity contribution in [2.24, 2.45) is 0 Å². The summed E-state index contributed by atoms with van der Waals surface area (Å²) in [6.07, 6.45) is 0. The number of anilines is 1. The monoisotopic (exact) mass is 372 g/mol. The Morgan fingerprint density at radius 2 is 1.46 bits per heavy atom.